The Labute approximate surface area is 160 Å². The van der Waals surface area contributed by atoms with E-state index in [-0.39, 0.29) is 11.9 Å². The van der Waals surface area contributed by atoms with E-state index in [1.807, 2.05) is 36.5 Å². The molecule has 1 aliphatic rings. The zero-order chi connectivity index (χ0) is 18.2. The third-order valence-corrected chi connectivity index (χ3v) is 5.13. The highest BCUT2D eigenvalue weighted by molar-refractivity contribution is 6.30. The number of halogens is 1. The molecule has 0 radical (unpaired) electrons. The fourth-order valence-electron chi connectivity index (χ4n) is 3.52. The molecule has 1 unspecified atom stereocenters. The molecule has 1 N–H and O–H groups in total. The number of amides is 1. The zero-order valence-electron chi connectivity index (χ0n) is 15.0. The van der Waals surface area contributed by atoms with Crippen LogP contribution in [0.3, 0.4) is 0 Å². The first kappa shape index (κ1) is 18.9. The molecule has 138 valence electrons. The Morgan fingerprint density at radius 3 is 2.81 bits per heavy atom. The van der Waals surface area contributed by atoms with Gasteiger partial charge in [-0.2, -0.15) is 0 Å². The van der Waals surface area contributed by atoms with E-state index in [0.29, 0.717) is 13.0 Å². The van der Waals surface area contributed by atoms with Crippen molar-refractivity contribution in [2.75, 3.05) is 19.6 Å². The maximum Gasteiger partial charge on any atom is 0.220 e. The van der Waals surface area contributed by atoms with E-state index in [1.54, 1.807) is 6.20 Å². The van der Waals surface area contributed by atoms with Gasteiger partial charge in [0, 0.05) is 30.4 Å². The number of pyridine rings is 1. The highest BCUT2D eigenvalue weighted by atomic mass is 35.5. The smallest absolute Gasteiger partial charge is 0.220 e. The fourth-order valence-corrected chi connectivity index (χ4v) is 3.72. The topological polar surface area (TPSA) is 45.2 Å². The molecular weight excluding hydrogens is 346 g/mol. The second-order valence-electron chi connectivity index (χ2n) is 6.83. The standard InChI is InChI=1S/C21H26ClN3O/c22-19-9-4-8-18(14-19)20(25-12-1-2-13-25)16-24-21(26)10-3-6-17-7-5-11-23-15-17/h4-5,7-9,11,14-15,20H,1-3,6,10,12-13,16H2,(H,24,26). The lowest BCUT2D eigenvalue weighted by atomic mass is 10.1. The molecule has 1 fully saturated rings. The van der Waals surface area contributed by atoms with Crippen LogP contribution in [-0.2, 0) is 11.2 Å². The Bertz CT molecular complexity index is 701. The quantitative estimate of drug-likeness (QED) is 0.762. The van der Waals surface area contributed by atoms with Crippen LogP contribution in [-0.4, -0.2) is 35.4 Å². The third kappa shape index (κ3) is 5.55. The van der Waals surface area contributed by atoms with Gasteiger partial charge in [-0.1, -0.05) is 29.8 Å². The third-order valence-electron chi connectivity index (χ3n) is 4.90. The highest BCUT2D eigenvalue weighted by Gasteiger charge is 2.24. The molecule has 5 heteroatoms. The van der Waals surface area contributed by atoms with Crippen molar-refractivity contribution in [3.05, 3.63) is 64.9 Å². The van der Waals surface area contributed by atoms with Crippen LogP contribution in [0.4, 0.5) is 0 Å². The van der Waals surface area contributed by atoms with Gasteiger partial charge in [0.2, 0.25) is 5.91 Å². The summed E-state index contributed by atoms with van der Waals surface area (Å²) in [6, 6.07) is 12.2. The summed E-state index contributed by atoms with van der Waals surface area (Å²) in [7, 11) is 0. The SMILES string of the molecule is O=C(CCCc1cccnc1)NCC(c1cccc(Cl)c1)N1CCCC1. The summed E-state index contributed by atoms with van der Waals surface area (Å²) in [5.41, 5.74) is 2.35. The Balaban J connectivity index is 1.51. The van der Waals surface area contributed by atoms with Gasteiger partial charge in [0.25, 0.3) is 0 Å². The molecule has 0 spiro atoms. The van der Waals surface area contributed by atoms with E-state index in [0.717, 1.165) is 31.0 Å². The average Bonchev–Trinajstić information content (AvgIpc) is 3.17. The molecule has 0 aliphatic carbocycles. The number of hydrogen-bond acceptors (Lipinski definition) is 3. The molecule has 26 heavy (non-hydrogen) atoms. The van der Waals surface area contributed by atoms with Gasteiger partial charge in [-0.3, -0.25) is 14.7 Å². The Morgan fingerprint density at radius 1 is 1.23 bits per heavy atom. The molecule has 1 atom stereocenters. The number of nitrogens with one attached hydrogen (secondary N) is 1. The number of aryl methyl sites for hydroxylation is 1. The largest absolute Gasteiger partial charge is 0.354 e. The molecule has 1 aromatic carbocycles. The van der Waals surface area contributed by atoms with Gasteiger partial charge in [0.1, 0.15) is 0 Å². The van der Waals surface area contributed by atoms with E-state index in [1.165, 1.54) is 24.0 Å². The Hall–Kier alpha value is -1.91. The molecule has 0 bridgehead atoms. The highest BCUT2D eigenvalue weighted by Crippen LogP contribution is 2.26. The lowest BCUT2D eigenvalue weighted by molar-refractivity contribution is -0.121. The van der Waals surface area contributed by atoms with Crippen LogP contribution in [0.1, 0.15) is 42.9 Å². The van der Waals surface area contributed by atoms with Crippen LogP contribution in [0.25, 0.3) is 0 Å². The minimum Gasteiger partial charge on any atom is -0.354 e. The first-order valence-electron chi connectivity index (χ1n) is 9.37. The van der Waals surface area contributed by atoms with Gasteiger partial charge >= 0.3 is 0 Å². The van der Waals surface area contributed by atoms with E-state index in [9.17, 15) is 4.79 Å². The average molecular weight is 372 g/mol. The maximum absolute atomic E-state index is 12.3. The molecule has 1 saturated heterocycles. The van der Waals surface area contributed by atoms with Crippen molar-refractivity contribution in [1.82, 2.24) is 15.2 Å². The Morgan fingerprint density at radius 2 is 2.08 bits per heavy atom. The predicted octanol–water partition coefficient (Wildman–Crippen LogP) is 4.01. The first-order chi connectivity index (χ1) is 12.7. The normalized spacial score (nSPS) is 15.7. The summed E-state index contributed by atoms with van der Waals surface area (Å²) in [5.74, 6) is 0.111. The summed E-state index contributed by atoms with van der Waals surface area (Å²) in [6.07, 6.45) is 8.32. The molecule has 1 amide bonds. The summed E-state index contributed by atoms with van der Waals surface area (Å²) >= 11 is 6.17. The van der Waals surface area contributed by atoms with Crippen molar-refractivity contribution < 1.29 is 4.79 Å². The van der Waals surface area contributed by atoms with Crippen molar-refractivity contribution in [3.63, 3.8) is 0 Å². The van der Waals surface area contributed by atoms with E-state index < -0.39 is 0 Å². The van der Waals surface area contributed by atoms with Gasteiger partial charge in [0.15, 0.2) is 0 Å². The number of carbonyl (C=O) groups is 1. The lowest BCUT2D eigenvalue weighted by Gasteiger charge is -2.28. The lowest BCUT2D eigenvalue weighted by Crippen LogP contribution is -2.36. The molecule has 1 aromatic heterocycles. The minimum atomic E-state index is 0.111. The molecular formula is C21H26ClN3O. The van der Waals surface area contributed by atoms with Gasteiger partial charge in [-0.25, -0.2) is 0 Å². The van der Waals surface area contributed by atoms with E-state index in [2.05, 4.69) is 21.3 Å². The van der Waals surface area contributed by atoms with Crippen molar-refractivity contribution in [3.8, 4) is 0 Å². The second kappa shape index (κ2) is 9.70. The Kier molecular flexibility index (Phi) is 7.04. The zero-order valence-corrected chi connectivity index (χ0v) is 15.8. The molecule has 2 aromatic rings. The van der Waals surface area contributed by atoms with Crippen molar-refractivity contribution in [2.24, 2.45) is 0 Å². The van der Waals surface area contributed by atoms with Crippen molar-refractivity contribution >= 4 is 17.5 Å². The summed E-state index contributed by atoms with van der Waals surface area (Å²) in [4.78, 5) is 18.8. The number of aromatic nitrogens is 1. The summed E-state index contributed by atoms with van der Waals surface area (Å²) in [6.45, 7) is 2.79. The van der Waals surface area contributed by atoms with Gasteiger partial charge in [-0.15, -0.1) is 0 Å². The minimum absolute atomic E-state index is 0.111. The van der Waals surface area contributed by atoms with Crippen molar-refractivity contribution in [1.29, 1.82) is 0 Å². The molecule has 2 heterocycles. The van der Waals surface area contributed by atoms with E-state index >= 15 is 0 Å². The number of benzene rings is 1. The number of nitrogens with zero attached hydrogens (tertiary/aromatic N) is 2. The van der Waals surface area contributed by atoms with Gasteiger partial charge in [-0.05, 0) is 68.1 Å². The monoisotopic (exact) mass is 371 g/mol. The molecule has 1 aliphatic heterocycles. The molecule has 0 saturated carbocycles. The molecule has 4 nitrogen and oxygen atoms in total. The predicted molar refractivity (Wildman–Crippen MR) is 105 cm³/mol. The van der Waals surface area contributed by atoms with Crippen LogP contribution in [0.2, 0.25) is 5.02 Å². The van der Waals surface area contributed by atoms with Gasteiger partial charge in [0.05, 0.1) is 6.04 Å². The van der Waals surface area contributed by atoms with Crippen LogP contribution >= 0.6 is 11.6 Å². The van der Waals surface area contributed by atoms with Crippen LogP contribution < -0.4 is 5.32 Å². The van der Waals surface area contributed by atoms with Crippen LogP contribution in [0, 0.1) is 0 Å². The maximum atomic E-state index is 12.3. The fraction of sp³-hybridized carbons (Fsp3) is 0.429. The summed E-state index contributed by atoms with van der Waals surface area (Å²) < 4.78 is 0. The van der Waals surface area contributed by atoms with E-state index in [4.69, 9.17) is 11.6 Å². The van der Waals surface area contributed by atoms with Crippen LogP contribution in [0.5, 0.6) is 0 Å². The van der Waals surface area contributed by atoms with Crippen molar-refractivity contribution in [2.45, 2.75) is 38.1 Å². The second-order valence-corrected chi connectivity index (χ2v) is 7.27. The molecule has 3 rings (SSSR count). The number of carbonyl (C=O) groups excluding carboxylic acids is 1. The van der Waals surface area contributed by atoms with Gasteiger partial charge < -0.3 is 5.32 Å². The number of hydrogen-bond donors (Lipinski definition) is 1. The summed E-state index contributed by atoms with van der Waals surface area (Å²) in [5, 5.41) is 3.87. The number of rotatable bonds is 8. The van der Waals surface area contributed by atoms with Crippen LogP contribution in [0.15, 0.2) is 48.8 Å². The number of likely N-dealkylation sites (tertiary alicyclic amines) is 1. The first-order valence-corrected chi connectivity index (χ1v) is 9.75.